The van der Waals surface area contributed by atoms with Crippen LogP contribution in [-0.2, 0) is 93.7 Å². The maximum atomic E-state index is 15.3. The number of alkyl halides is 7. The first kappa shape index (κ1) is 99.0. The highest BCUT2D eigenvalue weighted by molar-refractivity contribution is 7.62. The zero-order chi connectivity index (χ0) is 81.9. The largest absolute Gasteiger partial charge is 0.438 e. The van der Waals surface area contributed by atoms with Crippen molar-refractivity contribution in [1.82, 2.24) is 19.4 Å². The molecule has 3 fully saturated rings. The van der Waals surface area contributed by atoms with Gasteiger partial charge in [-0.2, -0.15) is 4.98 Å². The van der Waals surface area contributed by atoms with Crippen molar-refractivity contribution in [3.63, 3.8) is 0 Å². The van der Waals surface area contributed by atoms with E-state index in [-0.39, 0.29) is 48.9 Å². The second-order valence-corrected chi connectivity index (χ2v) is 36.6. The Kier molecular flexibility index (Phi) is 37.8. The molecule has 5 aliphatic rings. The highest BCUT2D eigenvalue weighted by Gasteiger charge is 2.60. The van der Waals surface area contributed by atoms with E-state index in [0.29, 0.717) is 0 Å². The van der Waals surface area contributed by atoms with Crippen molar-refractivity contribution in [3.8, 4) is 0 Å². The number of aliphatic imine (C=N–C) groups is 2. The van der Waals surface area contributed by atoms with E-state index in [9.17, 15) is 61.8 Å². The summed E-state index contributed by atoms with van der Waals surface area (Å²) < 4.78 is 157. The molecule has 5 aliphatic heterocycles. The number of aliphatic hydroxyl groups is 3. The van der Waals surface area contributed by atoms with E-state index in [0.717, 1.165) is 22.7 Å². The maximum Gasteiger partial charge on any atom is 0.359 e. The number of nitrogen functional groups attached to an aromatic ring is 1. The number of carbonyl (C=O) groups is 6. The number of esters is 4. The first-order valence-electron chi connectivity index (χ1n) is 31.7. The fraction of sp³-hybridized carbons (Fsp3) is 0.656. The number of hydrogen-bond donors (Lipinski definition) is 6. The Morgan fingerprint density at radius 2 is 0.991 bits per heavy atom. The lowest BCUT2D eigenvalue weighted by Crippen LogP contribution is -2.45. The van der Waals surface area contributed by atoms with Crippen LogP contribution in [0.1, 0.15) is 110 Å². The molecule has 13 atom stereocenters. The van der Waals surface area contributed by atoms with Crippen molar-refractivity contribution in [2.75, 3.05) is 70.0 Å². The Morgan fingerprint density at radius 1 is 0.626 bits per heavy atom. The van der Waals surface area contributed by atoms with Gasteiger partial charge in [0.05, 0.1) is 45.5 Å². The summed E-state index contributed by atoms with van der Waals surface area (Å²) in [4.78, 5) is 90.4. The third kappa shape index (κ3) is 27.2. The van der Waals surface area contributed by atoms with Crippen LogP contribution in [0.4, 0.5) is 23.4 Å². The lowest BCUT2D eigenvalue weighted by molar-refractivity contribution is -0.163. The van der Waals surface area contributed by atoms with Crippen molar-refractivity contribution in [1.29, 1.82) is 0 Å². The number of ether oxygens (including phenoxy) is 7. The summed E-state index contributed by atoms with van der Waals surface area (Å²) in [5, 5.41) is 31.7. The second kappa shape index (κ2) is 40.8. The molecule has 6 heterocycles. The van der Waals surface area contributed by atoms with E-state index >= 15 is 8.78 Å². The quantitative estimate of drug-likeness (QED) is 0.0126. The molecule has 0 saturated carbocycles. The molecule has 0 spiro atoms. The number of rotatable bonds is 26. The van der Waals surface area contributed by atoms with E-state index in [1.165, 1.54) is 53.7 Å². The van der Waals surface area contributed by atoms with Crippen LogP contribution in [0.15, 0.2) is 88.3 Å². The van der Waals surface area contributed by atoms with Gasteiger partial charge in [0, 0.05) is 30.8 Å². The number of nitrogens with two attached hydrogens (primary N) is 3. The molecule has 0 amide bonds. The zero-order valence-corrected chi connectivity index (χ0v) is 66.1. The third-order valence-electron chi connectivity index (χ3n) is 15.3. The number of amidine groups is 2. The SMILES string of the molecule is C.C=C1N=C(N)C=CN1[C@@H]1O[C@](CCl)(CC(F)P(C)(C)=O)[C@@H](O)[C@H]1F.C=C1N=C(N)C=CN1[C@@H]1O[C@](CCl)(CCP(=O)(OCOC(=O)C(C)(C)C)OCOC(=O)C(C)(C)C)[C@@H](O)[C@H]1F.C=O.C=O.CC(C)(C)C(=O)OCOP(=O)(/C=C\[C@@]1(CCl)O[C@@H](n2ccc(N)nc2=O)[C@H](F)[C@@H]1O)OCOC(=O)C(C)(C)C. The number of aromatic nitrogens is 2. The van der Waals surface area contributed by atoms with Gasteiger partial charge in [0.1, 0.15) is 85.0 Å². The average Bonchev–Trinajstić information content (AvgIpc) is 1.63. The van der Waals surface area contributed by atoms with Crippen LogP contribution in [0.3, 0.4) is 0 Å². The number of nitrogens with zero attached hydrogens (tertiary/aromatic N) is 6. The van der Waals surface area contributed by atoms with Gasteiger partial charge in [0.15, 0.2) is 43.1 Å². The lowest BCUT2D eigenvalue weighted by Gasteiger charge is -2.34. The van der Waals surface area contributed by atoms with Crippen LogP contribution in [0.2, 0.25) is 0 Å². The molecule has 0 bridgehead atoms. The lowest BCUT2D eigenvalue weighted by atomic mass is 9.94. The van der Waals surface area contributed by atoms with E-state index in [4.69, 9.17) is 113 Å². The van der Waals surface area contributed by atoms with Crippen LogP contribution in [0.5, 0.6) is 0 Å². The number of carbonyl (C=O) groups excluding carboxylic acids is 6. The molecule has 1 unspecified atom stereocenters. The molecule has 3 saturated heterocycles. The Labute approximate surface area is 633 Å². The average molecular weight is 1660 g/mol. The van der Waals surface area contributed by atoms with Gasteiger partial charge in [0.25, 0.3) is 0 Å². The topological polar surface area (TPSA) is 460 Å². The van der Waals surface area contributed by atoms with E-state index < -0.39 is 203 Å². The van der Waals surface area contributed by atoms with E-state index in [2.05, 4.69) is 28.1 Å². The first-order valence-corrected chi connectivity index (χ1v) is 39.3. The van der Waals surface area contributed by atoms with Gasteiger partial charge in [-0.15, -0.1) is 34.8 Å². The number of halogens is 7. The van der Waals surface area contributed by atoms with Crippen LogP contribution in [0, 0.1) is 21.7 Å². The molecule has 33 nitrogen and oxygen atoms in total. The fourth-order valence-corrected chi connectivity index (χ4v) is 13.2. The monoisotopic (exact) mass is 1650 g/mol. The predicted molar refractivity (Wildman–Crippen MR) is 389 cm³/mol. The van der Waals surface area contributed by atoms with Gasteiger partial charge in [-0.25, -0.2) is 32.3 Å². The molecule has 9 N–H and O–H groups in total. The van der Waals surface area contributed by atoms with Crippen LogP contribution in [0.25, 0.3) is 0 Å². The summed E-state index contributed by atoms with van der Waals surface area (Å²) in [5.41, 5.74) is 6.76. The Morgan fingerprint density at radius 3 is 1.34 bits per heavy atom. The molecule has 610 valence electrons. The van der Waals surface area contributed by atoms with Crippen LogP contribution >= 0.6 is 57.1 Å². The molecule has 107 heavy (non-hydrogen) atoms. The van der Waals surface area contributed by atoms with Crippen molar-refractivity contribution in [2.45, 2.75) is 182 Å². The maximum absolute atomic E-state index is 15.3. The molecule has 0 radical (unpaired) electrons. The summed E-state index contributed by atoms with van der Waals surface area (Å²) in [6.45, 7) is 30.1. The smallest absolute Gasteiger partial charge is 0.359 e. The minimum Gasteiger partial charge on any atom is -0.438 e. The van der Waals surface area contributed by atoms with E-state index in [1.807, 2.05) is 13.6 Å². The van der Waals surface area contributed by atoms with Gasteiger partial charge in [0.2, 0.25) is 27.2 Å². The molecule has 1 aromatic rings. The zero-order valence-electron chi connectivity index (χ0n) is 61.1. The van der Waals surface area contributed by atoms with Crippen molar-refractivity contribution >= 4 is 112 Å². The van der Waals surface area contributed by atoms with E-state index in [1.54, 1.807) is 83.1 Å². The van der Waals surface area contributed by atoms with Crippen LogP contribution in [-0.4, -0.2) is 220 Å². The van der Waals surface area contributed by atoms with Crippen LogP contribution < -0.4 is 22.9 Å². The second-order valence-electron chi connectivity index (χ2n) is 28.3. The van der Waals surface area contributed by atoms with Gasteiger partial charge >= 0.3 is 44.8 Å². The highest BCUT2D eigenvalue weighted by atomic mass is 35.5. The highest BCUT2D eigenvalue weighted by Crippen LogP contribution is 2.55. The molecule has 0 aliphatic carbocycles. The first-order chi connectivity index (χ1) is 48.7. The Hall–Kier alpha value is -5.98. The van der Waals surface area contributed by atoms with Gasteiger partial charge < -0.3 is 89.6 Å². The predicted octanol–water partition coefficient (Wildman–Crippen LogP) is 8.50. The minimum absolute atomic E-state index is 0. The number of aliphatic hydroxyl groups excluding tert-OH is 3. The molecular formula is C64H101Cl3F4N9O24P3. The summed E-state index contributed by atoms with van der Waals surface area (Å²) in [7, 11) is -11.7. The van der Waals surface area contributed by atoms with Gasteiger partial charge in [-0.1, -0.05) is 20.6 Å². The third-order valence-corrected chi connectivity index (χ3v) is 21.4. The standard InChI is InChI=1S/C24H38ClFN3O9P.C23H34ClFN3O10P.C14H21ClF2N3O3P.2CH2O.CH4/c1-15-28-16(27)8-10-29(15)19-17(26)18(30)24(12-25,38-19)9-11-39(33,36-13-34-20(31)22(2,3)4)37-14-35-21(32)23(5,6)7;1-21(2,3)18(30)34-12-36-39(33,37-13-35-19(31)22(4,5)6)10-8-23(11-24)16(29)15(25)17(38-23)28-9-7-14(26)27-20(28)32;1-8-19-10(18)4-5-20(8)13-11(17)12(21)14(7-15,23-13)6-9(16)24(2,3)22;2*1-2;/h8,10,17-19,30H,1,9,11-14H2,2-7H3,(H2,27,28);7-10,15-17,29H,11-13H2,1-6H3,(H2,26,27,32);4-5,9,11-13,21H,1,6-7H2,2-3H3,(H2,18,19);2*1H2;1H4/b;10-8-;;;;/t17-,18+,19-,24+;15-,16+,17-,23+;9?,11-,12+,13-,14+;;;/m111.../s1. The molecule has 43 heteroatoms. The Bertz CT molecular complexity index is 3520. The number of anilines is 1. The van der Waals surface area contributed by atoms with Crippen molar-refractivity contribution < 1.29 is 127 Å². The summed E-state index contributed by atoms with van der Waals surface area (Å²) in [5.74, 6) is -4.43. The molecule has 6 rings (SSSR count). The molecule has 1 aromatic heterocycles. The van der Waals surface area contributed by atoms with Crippen molar-refractivity contribution in [3.05, 3.63) is 84.0 Å². The molecule has 0 aromatic carbocycles. The number of hydrogen-bond acceptors (Lipinski definition) is 32. The van der Waals surface area contributed by atoms with Gasteiger partial charge in [-0.05, 0) is 127 Å². The summed E-state index contributed by atoms with van der Waals surface area (Å²) in [6.07, 6.45) is -9.21. The summed E-state index contributed by atoms with van der Waals surface area (Å²) >= 11 is 18.0. The van der Waals surface area contributed by atoms with Gasteiger partial charge in [-0.3, -0.25) is 51.0 Å². The molecular weight excluding hydrogens is 1550 g/mol. The normalized spacial score (nSPS) is 26.3. The minimum atomic E-state index is -4.40. The summed E-state index contributed by atoms with van der Waals surface area (Å²) in [6, 6.07) is 1.23. The fourth-order valence-electron chi connectivity index (χ4n) is 8.96. The Balaban J connectivity index is 0.000000801. The van der Waals surface area contributed by atoms with Crippen molar-refractivity contribution in [2.24, 2.45) is 43.1 Å².